The highest BCUT2D eigenvalue weighted by Gasteiger charge is 2.41. The molecule has 3 atom stereocenters. The van der Waals surface area contributed by atoms with E-state index < -0.39 is 0 Å². The Balaban J connectivity index is 2.11. The van der Waals surface area contributed by atoms with Crippen LogP contribution < -0.4 is 0 Å². The predicted octanol–water partition coefficient (Wildman–Crippen LogP) is 2.70. The standard InChI is InChI=1S/C15H23NO/c1-12-9-16(10-15(12,3)11-17)13(2)14-7-5-4-6-8-14/h4-8,12-13,17H,9-11H2,1-3H3/t12-,13-,15+/m0/s1. The molecule has 2 nitrogen and oxygen atoms in total. The summed E-state index contributed by atoms with van der Waals surface area (Å²) in [6.07, 6.45) is 0. The summed E-state index contributed by atoms with van der Waals surface area (Å²) in [5, 5.41) is 9.54. The van der Waals surface area contributed by atoms with Crippen LogP contribution >= 0.6 is 0 Å². The van der Waals surface area contributed by atoms with Crippen molar-refractivity contribution in [3.05, 3.63) is 35.9 Å². The summed E-state index contributed by atoms with van der Waals surface area (Å²) in [6.45, 7) is 9.04. The minimum absolute atomic E-state index is 0.0586. The molecule has 1 saturated heterocycles. The zero-order chi connectivity index (χ0) is 12.5. The van der Waals surface area contributed by atoms with Gasteiger partial charge >= 0.3 is 0 Å². The number of hydrogen-bond donors (Lipinski definition) is 1. The van der Waals surface area contributed by atoms with Gasteiger partial charge in [0.15, 0.2) is 0 Å². The van der Waals surface area contributed by atoms with Crippen LogP contribution in [0.2, 0.25) is 0 Å². The van der Waals surface area contributed by atoms with Gasteiger partial charge in [-0.15, -0.1) is 0 Å². The van der Waals surface area contributed by atoms with E-state index in [1.54, 1.807) is 0 Å². The molecule has 2 rings (SSSR count). The number of aliphatic hydroxyl groups is 1. The molecule has 1 fully saturated rings. The van der Waals surface area contributed by atoms with E-state index in [1.165, 1.54) is 5.56 Å². The lowest BCUT2D eigenvalue weighted by Gasteiger charge is -2.28. The third-order valence-corrected chi connectivity index (χ3v) is 4.45. The second-order valence-corrected chi connectivity index (χ2v) is 5.73. The van der Waals surface area contributed by atoms with Gasteiger partial charge in [0.1, 0.15) is 0 Å². The van der Waals surface area contributed by atoms with Gasteiger partial charge in [-0.05, 0) is 18.4 Å². The molecule has 1 N–H and O–H groups in total. The maximum absolute atomic E-state index is 9.54. The first-order chi connectivity index (χ1) is 8.07. The molecule has 0 bridgehead atoms. The Labute approximate surface area is 104 Å². The summed E-state index contributed by atoms with van der Waals surface area (Å²) in [4.78, 5) is 2.48. The fraction of sp³-hybridized carbons (Fsp3) is 0.600. The van der Waals surface area contributed by atoms with Crippen molar-refractivity contribution in [3.63, 3.8) is 0 Å². The normalized spacial score (nSPS) is 31.6. The molecule has 1 aliphatic heterocycles. The van der Waals surface area contributed by atoms with Crippen LogP contribution in [0.25, 0.3) is 0 Å². The van der Waals surface area contributed by atoms with Crippen molar-refractivity contribution in [2.75, 3.05) is 19.7 Å². The average molecular weight is 233 g/mol. The highest BCUT2D eigenvalue weighted by atomic mass is 16.3. The number of benzene rings is 1. The molecule has 1 aromatic carbocycles. The lowest BCUT2D eigenvalue weighted by atomic mass is 9.82. The Morgan fingerprint density at radius 1 is 1.41 bits per heavy atom. The molecule has 0 spiro atoms. The van der Waals surface area contributed by atoms with Gasteiger partial charge < -0.3 is 5.11 Å². The number of aliphatic hydroxyl groups excluding tert-OH is 1. The average Bonchev–Trinajstić information content (AvgIpc) is 2.67. The van der Waals surface area contributed by atoms with Crippen LogP contribution in [0, 0.1) is 11.3 Å². The van der Waals surface area contributed by atoms with Gasteiger partial charge in [-0.3, -0.25) is 4.90 Å². The van der Waals surface area contributed by atoms with E-state index in [9.17, 15) is 5.11 Å². The summed E-state index contributed by atoms with van der Waals surface area (Å²) in [5.41, 5.74) is 1.42. The van der Waals surface area contributed by atoms with E-state index in [2.05, 4.69) is 56.0 Å². The fourth-order valence-electron chi connectivity index (χ4n) is 2.70. The number of nitrogens with zero attached hydrogens (tertiary/aromatic N) is 1. The van der Waals surface area contributed by atoms with Crippen LogP contribution in [0.1, 0.15) is 32.4 Å². The SMILES string of the molecule is C[C@@H](c1ccccc1)N1C[C@H](C)[C@@](C)(CO)C1. The van der Waals surface area contributed by atoms with Crippen molar-refractivity contribution in [1.29, 1.82) is 0 Å². The summed E-state index contributed by atoms with van der Waals surface area (Å²) < 4.78 is 0. The smallest absolute Gasteiger partial charge is 0.0500 e. The highest BCUT2D eigenvalue weighted by Crippen LogP contribution is 2.38. The number of likely N-dealkylation sites (tertiary alicyclic amines) is 1. The molecule has 1 heterocycles. The molecule has 17 heavy (non-hydrogen) atoms. The Hall–Kier alpha value is -0.860. The molecule has 2 heteroatoms. The van der Waals surface area contributed by atoms with Crippen LogP contribution in [-0.4, -0.2) is 29.7 Å². The molecule has 0 saturated carbocycles. The fourth-order valence-corrected chi connectivity index (χ4v) is 2.70. The van der Waals surface area contributed by atoms with Crippen LogP contribution in [0.3, 0.4) is 0 Å². The van der Waals surface area contributed by atoms with Crippen molar-refractivity contribution >= 4 is 0 Å². The molecule has 0 amide bonds. The molecule has 1 aromatic rings. The number of hydrogen-bond acceptors (Lipinski definition) is 2. The molecule has 1 aliphatic rings. The van der Waals surface area contributed by atoms with Gasteiger partial charge in [-0.25, -0.2) is 0 Å². The Morgan fingerprint density at radius 2 is 2.06 bits per heavy atom. The highest BCUT2D eigenvalue weighted by molar-refractivity contribution is 5.19. The van der Waals surface area contributed by atoms with Crippen LogP contribution in [0.5, 0.6) is 0 Å². The van der Waals surface area contributed by atoms with Crippen molar-refractivity contribution in [2.24, 2.45) is 11.3 Å². The summed E-state index contributed by atoms with van der Waals surface area (Å²) in [6, 6.07) is 11.0. The van der Waals surface area contributed by atoms with Crippen molar-refractivity contribution in [1.82, 2.24) is 4.90 Å². The van der Waals surface area contributed by atoms with Crippen molar-refractivity contribution < 1.29 is 5.11 Å². The van der Waals surface area contributed by atoms with Gasteiger partial charge in [0.2, 0.25) is 0 Å². The van der Waals surface area contributed by atoms with E-state index in [-0.39, 0.29) is 12.0 Å². The van der Waals surface area contributed by atoms with Crippen LogP contribution in [0.4, 0.5) is 0 Å². The topological polar surface area (TPSA) is 23.5 Å². The molecule has 0 unspecified atom stereocenters. The third-order valence-electron chi connectivity index (χ3n) is 4.45. The molecular weight excluding hydrogens is 210 g/mol. The van der Waals surface area contributed by atoms with Gasteiger partial charge in [0, 0.05) is 31.2 Å². The van der Waals surface area contributed by atoms with E-state index in [1.807, 2.05) is 0 Å². The quantitative estimate of drug-likeness (QED) is 0.867. The Kier molecular flexibility index (Phi) is 3.55. The second kappa shape index (κ2) is 4.79. The molecule has 94 valence electrons. The maximum atomic E-state index is 9.54. The van der Waals surface area contributed by atoms with E-state index >= 15 is 0 Å². The van der Waals surface area contributed by atoms with Crippen molar-refractivity contribution in [2.45, 2.75) is 26.8 Å². The summed E-state index contributed by atoms with van der Waals surface area (Å²) >= 11 is 0. The van der Waals surface area contributed by atoms with E-state index in [4.69, 9.17) is 0 Å². The van der Waals surface area contributed by atoms with Gasteiger partial charge in [-0.1, -0.05) is 44.2 Å². The molecule has 0 aliphatic carbocycles. The molecule has 0 aromatic heterocycles. The van der Waals surface area contributed by atoms with Crippen molar-refractivity contribution in [3.8, 4) is 0 Å². The van der Waals surface area contributed by atoms with Crippen LogP contribution in [-0.2, 0) is 0 Å². The first kappa shape index (κ1) is 12.6. The van der Waals surface area contributed by atoms with Crippen LogP contribution in [0.15, 0.2) is 30.3 Å². The van der Waals surface area contributed by atoms with E-state index in [0.29, 0.717) is 12.0 Å². The first-order valence-corrected chi connectivity index (χ1v) is 6.46. The lowest BCUT2D eigenvalue weighted by Crippen LogP contribution is -2.31. The number of rotatable bonds is 3. The maximum Gasteiger partial charge on any atom is 0.0500 e. The van der Waals surface area contributed by atoms with Gasteiger partial charge in [0.25, 0.3) is 0 Å². The predicted molar refractivity (Wildman–Crippen MR) is 70.8 cm³/mol. The minimum atomic E-state index is 0.0586. The Bertz CT molecular complexity index is 364. The largest absolute Gasteiger partial charge is 0.396 e. The zero-order valence-electron chi connectivity index (χ0n) is 11.1. The second-order valence-electron chi connectivity index (χ2n) is 5.73. The van der Waals surface area contributed by atoms with E-state index in [0.717, 1.165) is 13.1 Å². The zero-order valence-corrected chi connectivity index (χ0v) is 11.1. The summed E-state index contributed by atoms with van der Waals surface area (Å²) in [5.74, 6) is 0.554. The molecule has 0 radical (unpaired) electrons. The summed E-state index contributed by atoms with van der Waals surface area (Å²) in [7, 11) is 0. The minimum Gasteiger partial charge on any atom is -0.396 e. The first-order valence-electron chi connectivity index (χ1n) is 6.46. The lowest BCUT2D eigenvalue weighted by molar-refractivity contribution is 0.113. The molecular formula is C15H23NO. The Morgan fingerprint density at radius 3 is 2.59 bits per heavy atom. The third kappa shape index (κ3) is 2.38. The monoisotopic (exact) mass is 233 g/mol. The van der Waals surface area contributed by atoms with Gasteiger partial charge in [-0.2, -0.15) is 0 Å². The van der Waals surface area contributed by atoms with Gasteiger partial charge in [0.05, 0.1) is 0 Å².